The zero-order valence-corrected chi connectivity index (χ0v) is 11.1. The first kappa shape index (κ1) is 11.9. The second-order valence-corrected chi connectivity index (χ2v) is 6.14. The Bertz CT molecular complexity index is 371. The van der Waals surface area contributed by atoms with Crippen LogP contribution < -0.4 is 0 Å². The minimum atomic E-state index is 0.000823. The molecule has 1 nitrogen and oxygen atoms in total. The molecule has 0 saturated carbocycles. The SMILES string of the molecule is CC(c1ccc(Cl)cc1)C1(C(C)(C)C)CO1. The quantitative estimate of drug-likeness (QED) is 0.702. The molecule has 1 heterocycles. The lowest BCUT2D eigenvalue weighted by Gasteiger charge is -2.33. The van der Waals surface area contributed by atoms with Crippen LogP contribution in [0.3, 0.4) is 0 Å². The minimum absolute atomic E-state index is 0.000823. The zero-order chi connectivity index (χ0) is 12.0. The molecule has 2 unspecified atom stereocenters. The molecule has 1 saturated heterocycles. The Morgan fingerprint density at radius 1 is 1.25 bits per heavy atom. The van der Waals surface area contributed by atoms with Gasteiger partial charge in [0, 0.05) is 10.9 Å². The van der Waals surface area contributed by atoms with Crippen LogP contribution in [0.25, 0.3) is 0 Å². The summed E-state index contributed by atoms with van der Waals surface area (Å²) in [6.45, 7) is 9.83. The van der Waals surface area contributed by atoms with E-state index in [1.807, 2.05) is 12.1 Å². The molecule has 0 spiro atoms. The molecular formula is C14H19ClO. The number of halogens is 1. The van der Waals surface area contributed by atoms with E-state index in [0.717, 1.165) is 11.6 Å². The normalized spacial score (nSPS) is 26.6. The first-order valence-corrected chi connectivity index (χ1v) is 6.14. The van der Waals surface area contributed by atoms with Crippen molar-refractivity contribution in [3.63, 3.8) is 0 Å². The van der Waals surface area contributed by atoms with Crippen LogP contribution in [-0.2, 0) is 4.74 Å². The third-order valence-electron chi connectivity index (χ3n) is 3.79. The summed E-state index contributed by atoms with van der Waals surface area (Å²) in [7, 11) is 0. The fourth-order valence-corrected chi connectivity index (χ4v) is 2.56. The van der Waals surface area contributed by atoms with Crippen LogP contribution in [0.5, 0.6) is 0 Å². The van der Waals surface area contributed by atoms with E-state index in [9.17, 15) is 0 Å². The van der Waals surface area contributed by atoms with E-state index < -0.39 is 0 Å². The molecule has 1 aromatic rings. The lowest BCUT2D eigenvalue weighted by molar-refractivity contribution is 0.131. The number of hydrogen-bond acceptors (Lipinski definition) is 1. The molecule has 1 aliphatic rings. The Hall–Kier alpha value is -0.530. The molecular weight excluding hydrogens is 220 g/mol. The Kier molecular flexibility index (Phi) is 2.80. The maximum Gasteiger partial charge on any atom is 0.103 e. The average Bonchev–Trinajstić information content (AvgIpc) is 2.97. The van der Waals surface area contributed by atoms with Gasteiger partial charge in [0.25, 0.3) is 0 Å². The van der Waals surface area contributed by atoms with Crippen molar-refractivity contribution in [2.45, 2.75) is 39.2 Å². The third-order valence-corrected chi connectivity index (χ3v) is 4.05. The van der Waals surface area contributed by atoms with Gasteiger partial charge in [-0.2, -0.15) is 0 Å². The summed E-state index contributed by atoms with van der Waals surface area (Å²) >= 11 is 5.90. The van der Waals surface area contributed by atoms with E-state index in [1.54, 1.807) is 0 Å². The van der Waals surface area contributed by atoms with Gasteiger partial charge in [0.1, 0.15) is 5.60 Å². The summed E-state index contributed by atoms with van der Waals surface area (Å²) in [5.41, 5.74) is 1.48. The fraction of sp³-hybridized carbons (Fsp3) is 0.571. The molecule has 0 radical (unpaired) electrons. The van der Waals surface area contributed by atoms with E-state index in [0.29, 0.717) is 5.92 Å². The topological polar surface area (TPSA) is 12.5 Å². The van der Waals surface area contributed by atoms with Gasteiger partial charge in [-0.1, -0.05) is 51.4 Å². The molecule has 2 atom stereocenters. The molecule has 0 N–H and O–H groups in total. The van der Waals surface area contributed by atoms with Crippen molar-refractivity contribution in [3.8, 4) is 0 Å². The zero-order valence-electron chi connectivity index (χ0n) is 10.4. The van der Waals surface area contributed by atoms with Crippen LogP contribution in [-0.4, -0.2) is 12.2 Å². The highest BCUT2D eigenvalue weighted by atomic mass is 35.5. The molecule has 0 bridgehead atoms. The molecule has 16 heavy (non-hydrogen) atoms. The van der Waals surface area contributed by atoms with Crippen LogP contribution in [0.1, 0.15) is 39.2 Å². The van der Waals surface area contributed by atoms with Crippen molar-refractivity contribution >= 4 is 11.6 Å². The summed E-state index contributed by atoms with van der Waals surface area (Å²) < 4.78 is 5.77. The van der Waals surface area contributed by atoms with Crippen molar-refractivity contribution in [2.24, 2.45) is 5.41 Å². The molecule has 1 aromatic carbocycles. The minimum Gasteiger partial charge on any atom is -0.368 e. The maximum atomic E-state index is 5.90. The van der Waals surface area contributed by atoms with Gasteiger partial charge in [0.15, 0.2) is 0 Å². The maximum absolute atomic E-state index is 5.90. The first-order valence-electron chi connectivity index (χ1n) is 5.76. The summed E-state index contributed by atoms with van der Waals surface area (Å²) in [5, 5.41) is 0.789. The second kappa shape index (κ2) is 3.75. The Morgan fingerprint density at radius 3 is 2.12 bits per heavy atom. The fourth-order valence-electron chi connectivity index (χ4n) is 2.43. The smallest absolute Gasteiger partial charge is 0.103 e. The number of benzene rings is 1. The second-order valence-electron chi connectivity index (χ2n) is 5.70. The van der Waals surface area contributed by atoms with Gasteiger partial charge in [0.05, 0.1) is 6.61 Å². The van der Waals surface area contributed by atoms with Gasteiger partial charge < -0.3 is 4.74 Å². The summed E-state index contributed by atoms with van der Waals surface area (Å²) in [5.74, 6) is 0.407. The molecule has 1 aliphatic heterocycles. The third kappa shape index (κ3) is 1.87. The number of hydrogen-bond donors (Lipinski definition) is 0. The van der Waals surface area contributed by atoms with E-state index in [4.69, 9.17) is 16.3 Å². The molecule has 0 amide bonds. The van der Waals surface area contributed by atoms with Gasteiger partial charge in [-0.3, -0.25) is 0 Å². The standard InChI is InChI=1S/C14H19ClO/c1-10(11-5-7-12(15)8-6-11)14(9-16-14)13(2,3)4/h5-8,10H,9H2,1-4H3. The Morgan fingerprint density at radius 2 is 1.75 bits per heavy atom. The Balaban J connectivity index is 2.26. The van der Waals surface area contributed by atoms with Crippen LogP contribution in [0.2, 0.25) is 5.02 Å². The van der Waals surface area contributed by atoms with Gasteiger partial charge in [-0.05, 0) is 23.1 Å². The van der Waals surface area contributed by atoms with Gasteiger partial charge in [-0.25, -0.2) is 0 Å². The van der Waals surface area contributed by atoms with Crippen molar-refractivity contribution in [2.75, 3.05) is 6.61 Å². The summed E-state index contributed by atoms with van der Waals surface area (Å²) in [6.07, 6.45) is 0. The van der Waals surface area contributed by atoms with Crippen LogP contribution in [0.4, 0.5) is 0 Å². The number of rotatable bonds is 2. The van der Waals surface area contributed by atoms with E-state index in [-0.39, 0.29) is 11.0 Å². The van der Waals surface area contributed by atoms with Crippen molar-refractivity contribution in [1.29, 1.82) is 0 Å². The molecule has 0 aliphatic carbocycles. The van der Waals surface area contributed by atoms with E-state index >= 15 is 0 Å². The van der Waals surface area contributed by atoms with Gasteiger partial charge in [-0.15, -0.1) is 0 Å². The molecule has 0 aromatic heterocycles. The largest absolute Gasteiger partial charge is 0.368 e. The van der Waals surface area contributed by atoms with Crippen LogP contribution >= 0.6 is 11.6 Å². The van der Waals surface area contributed by atoms with Gasteiger partial charge in [0.2, 0.25) is 0 Å². The van der Waals surface area contributed by atoms with Crippen molar-refractivity contribution < 1.29 is 4.74 Å². The number of ether oxygens (including phenoxy) is 1. The van der Waals surface area contributed by atoms with Gasteiger partial charge >= 0.3 is 0 Å². The predicted molar refractivity (Wildman–Crippen MR) is 68.0 cm³/mol. The molecule has 2 rings (SSSR count). The number of epoxide rings is 1. The lowest BCUT2D eigenvalue weighted by atomic mass is 9.71. The lowest BCUT2D eigenvalue weighted by Crippen LogP contribution is -2.35. The van der Waals surface area contributed by atoms with E-state index in [1.165, 1.54) is 5.56 Å². The highest BCUT2D eigenvalue weighted by Crippen LogP contribution is 2.53. The highest BCUT2D eigenvalue weighted by Gasteiger charge is 2.58. The van der Waals surface area contributed by atoms with E-state index in [2.05, 4.69) is 39.8 Å². The highest BCUT2D eigenvalue weighted by molar-refractivity contribution is 6.30. The average molecular weight is 239 g/mol. The van der Waals surface area contributed by atoms with Crippen LogP contribution in [0, 0.1) is 5.41 Å². The first-order chi connectivity index (χ1) is 7.37. The van der Waals surface area contributed by atoms with Crippen LogP contribution in [0.15, 0.2) is 24.3 Å². The molecule has 88 valence electrons. The Labute approximate surface area is 103 Å². The van der Waals surface area contributed by atoms with Crippen molar-refractivity contribution in [1.82, 2.24) is 0 Å². The molecule has 1 fully saturated rings. The van der Waals surface area contributed by atoms with Crippen molar-refractivity contribution in [3.05, 3.63) is 34.9 Å². The predicted octanol–water partition coefficient (Wildman–Crippen LogP) is 4.26. The summed E-state index contributed by atoms with van der Waals surface area (Å²) in [6, 6.07) is 8.10. The molecule has 2 heteroatoms. The summed E-state index contributed by atoms with van der Waals surface area (Å²) in [4.78, 5) is 0. The monoisotopic (exact) mass is 238 g/mol.